The highest BCUT2D eigenvalue weighted by molar-refractivity contribution is 5.96. The molecule has 0 aromatic carbocycles. The molecule has 3 N–H and O–H groups in total. The molecule has 0 saturated heterocycles. The maximum absolute atomic E-state index is 14.7. The van der Waals surface area contributed by atoms with E-state index in [0.29, 0.717) is 18.4 Å². The third kappa shape index (κ3) is 4.07. The van der Waals surface area contributed by atoms with Gasteiger partial charge in [0.2, 0.25) is 0 Å². The molecule has 0 amide bonds. The molecular formula is C32H48O8. The van der Waals surface area contributed by atoms with Gasteiger partial charge in [0.1, 0.15) is 11.7 Å². The second-order valence-electron chi connectivity index (χ2n) is 13.7. The highest BCUT2D eigenvalue weighted by Crippen LogP contribution is 2.75. The van der Waals surface area contributed by atoms with Crippen molar-refractivity contribution in [2.75, 3.05) is 6.61 Å². The van der Waals surface area contributed by atoms with Crippen LogP contribution in [0.5, 0.6) is 0 Å². The summed E-state index contributed by atoms with van der Waals surface area (Å²) in [6.07, 6.45) is 3.53. The van der Waals surface area contributed by atoms with Gasteiger partial charge in [0.25, 0.3) is 0 Å². The number of carbonyl (C=O) groups excluding carboxylic acids is 3. The molecule has 9 atom stereocenters. The number of fused-ring (bicyclic) bond motifs is 3. The van der Waals surface area contributed by atoms with E-state index in [1.54, 1.807) is 26.0 Å². The zero-order valence-electron chi connectivity index (χ0n) is 25.3. The number of hydrogen-bond donors (Lipinski definition) is 3. The van der Waals surface area contributed by atoms with Gasteiger partial charge in [-0.25, -0.2) is 0 Å². The number of carbonyl (C=O) groups is 3. The van der Waals surface area contributed by atoms with E-state index < -0.39 is 70.5 Å². The lowest BCUT2D eigenvalue weighted by atomic mass is 9.59. The number of aliphatic hydroxyl groups excluding tert-OH is 2. The highest BCUT2D eigenvalue weighted by atomic mass is 16.6. The topological polar surface area (TPSA) is 130 Å². The smallest absolute Gasteiger partial charge is 0.309 e. The third-order valence-corrected chi connectivity index (χ3v) is 10.9. The molecule has 2 saturated carbocycles. The molecule has 0 aromatic rings. The maximum Gasteiger partial charge on any atom is 0.309 e. The van der Waals surface area contributed by atoms with Crippen molar-refractivity contribution >= 4 is 17.7 Å². The molecule has 2 bridgehead atoms. The fourth-order valence-corrected chi connectivity index (χ4v) is 8.16. The van der Waals surface area contributed by atoms with Crippen LogP contribution in [0.1, 0.15) is 87.5 Å². The van der Waals surface area contributed by atoms with Crippen LogP contribution in [-0.2, 0) is 23.9 Å². The molecule has 8 heteroatoms. The molecule has 1 unspecified atom stereocenters. The number of esters is 2. The summed E-state index contributed by atoms with van der Waals surface area (Å²) in [4.78, 5) is 40.9. The van der Waals surface area contributed by atoms with Crippen molar-refractivity contribution < 1.29 is 39.2 Å². The monoisotopic (exact) mass is 560 g/mol. The van der Waals surface area contributed by atoms with Crippen molar-refractivity contribution in [2.45, 2.75) is 111 Å². The fraction of sp³-hybridized carbons (Fsp3) is 0.781. The van der Waals surface area contributed by atoms with Crippen molar-refractivity contribution in [3.05, 3.63) is 23.3 Å². The Morgan fingerprint density at radius 1 is 1.18 bits per heavy atom. The molecule has 2 fully saturated rings. The molecule has 0 aromatic heterocycles. The first kappa shape index (κ1) is 30.9. The van der Waals surface area contributed by atoms with E-state index >= 15 is 0 Å². The third-order valence-electron chi connectivity index (χ3n) is 10.9. The van der Waals surface area contributed by atoms with Crippen molar-refractivity contribution in [2.24, 2.45) is 40.4 Å². The Bertz CT molecular complexity index is 1120. The van der Waals surface area contributed by atoms with Crippen molar-refractivity contribution in [1.29, 1.82) is 0 Å². The van der Waals surface area contributed by atoms with Gasteiger partial charge in [0.15, 0.2) is 17.5 Å². The van der Waals surface area contributed by atoms with Crippen LogP contribution in [0.15, 0.2) is 23.3 Å². The van der Waals surface area contributed by atoms with Crippen LogP contribution in [0.4, 0.5) is 0 Å². The van der Waals surface area contributed by atoms with Gasteiger partial charge >= 0.3 is 11.9 Å². The largest absolute Gasteiger partial charge is 0.458 e. The van der Waals surface area contributed by atoms with E-state index in [2.05, 4.69) is 6.92 Å². The van der Waals surface area contributed by atoms with Gasteiger partial charge in [-0.1, -0.05) is 73.5 Å². The zero-order chi connectivity index (χ0) is 30.0. The number of ether oxygens (including phenoxy) is 2. The number of aliphatic hydroxyl groups is 3. The average molecular weight is 561 g/mol. The summed E-state index contributed by atoms with van der Waals surface area (Å²) in [6, 6.07) is 0. The normalized spacial score (nSPS) is 40.2. The molecule has 0 radical (unpaired) electrons. The quantitative estimate of drug-likeness (QED) is 0.220. The first-order valence-corrected chi connectivity index (χ1v) is 15.0. The molecule has 0 heterocycles. The highest BCUT2D eigenvalue weighted by Gasteiger charge is 2.83. The summed E-state index contributed by atoms with van der Waals surface area (Å²) < 4.78 is 12.2. The second kappa shape index (κ2) is 10.4. The molecule has 224 valence electrons. The van der Waals surface area contributed by atoms with Gasteiger partial charge in [0, 0.05) is 23.7 Å². The summed E-state index contributed by atoms with van der Waals surface area (Å²) in [5, 5.41) is 34.7. The van der Waals surface area contributed by atoms with Gasteiger partial charge in [0.05, 0.1) is 17.9 Å². The number of ketones is 1. The van der Waals surface area contributed by atoms with Crippen molar-refractivity contribution in [1.82, 2.24) is 0 Å². The Morgan fingerprint density at radius 3 is 2.40 bits per heavy atom. The van der Waals surface area contributed by atoms with Crippen LogP contribution < -0.4 is 0 Å². The molecule has 0 aliphatic heterocycles. The number of unbranched alkanes of at least 4 members (excludes halogenated alkanes) is 2. The lowest BCUT2D eigenvalue weighted by molar-refractivity contribution is -0.206. The number of hydrogen-bond acceptors (Lipinski definition) is 8. The van der Waals surface area contributed by atoms with E-state index in [-0.39, 0.29) is 23.2 Å². The minimum absolute atomic E-state index is 0.0159. The second-order valence-corrected chi connectivity index (χ2v) is 13.7. The van der Waals surface area contributed by atoms with Gasteiger partial charge in [-0.15, -0.1) is 0 Å². The number of allylic oxidation sites excluding steroid dienone is 1. The van der Waals surface area contributed by atoms with E-state index in [1.165, 1.54) is 0 Å². The average Bonchev–Trinajstić information content (AvgIpc) is 3.28. The van der Waals surface area contributed by atoms with Gasteiger partial charge < -0.3 is 24.8 Å². The van der Waals surface area contributed by atoms with Crippen LogP contribution in [-0.4, -0.2) is 63.1 Å². The minimum atomic E-state index is -2.24. The molecule has 8 nitrogen and oxygen atoms in total. The molecule has 4 aliphatic rings. The standard InChI is InChI=1S/C32H48O8/c1-9-10-11-12-23(34)40-31-15-19(5)30-14-18(4)27(39-28(37)20(6)17(2)3)32(30,38)25(35)21(16-33)13-22(26(30)36)24(31)29(31,7)8/h13-14,17,19-20,22,24-25,27,33,35,38H,9-12,15-16H2,1-8H3/t19-,20?,22+,24-,25-,27+,30+,31+,32+/m1/s1. The van der Waals surface area contributed by atoms with E-state index in [1.807, 2.05) is 34.6 Å². The number of Topliss-reactive ketones (excluding diaryl/α,β-unsaturated/α-hetero) is 1. The Hall–Kier alpha value is -2.03. The predicted molar refractivity (Wildman–Crippen MR) is 149 cm³/mol. The minimum Gasteiger partial charge on any atom is -0.458 e. The van der Waals surface area contributed by atoms with Crippen LogP contribution in [0.2, 0.25) is 0 Å². The van der Waals surface area contributed by atoms with Crippen LogP contribution in [0.3, 0.4) is 0 Å². The first-order chi connectivity index (χ1) is 18.6. The zero-order valence-corrected chi connectivity index (χ0v) is 25.3. The lowest BCUT2D eigenvalue weighted by Gasteiger charge is -2.49. The molecule has 4 rings (SSSR count). The Balaban J connectivity index is 1.83. The van der Waals surface area contributed by atoms with Gasteiger partial charge in [-0.05, 0) is 42.7 Å². The summed E-state index contributed by atoms with van der Waals surface area (Å²) in [5.74, 6) is -3.41. The summed E-state index contributed by atoms with van der Waals surface area (Å²) in [7, 11) is 0. The summed E-state index contributed by atoms with van der Waals surface area (Å²) in [5.41, 5.74) is -4.76. The Morgan fingerprint density at radius 2 is 1.82 bits per heavy atom. The van der Waals surface area contributed by atoms with Gasteiger partial charge in [-0.3, -0.25) is 14.4 Å². The van der Waals surface area contributed by atoms with E-state index in [9.17, 15) is 29.7 Å². The van der Waals surface area contributed by atoms with Crippen molar-refractivity contribution in [3.8, 4) is 0 Å². The van der Waals surface area contributed by atoms with Crippen LogP contribution >= 0.6 is 0 Å². The SMILES string of the molecule is CCCCCC(=O)O[C@@]12C[C@@H](C)[C@]34C=C(C)[C@H](OC(=O)C(C)C(C)C)[C@@]3(O)[C@H](O)C(CO)=C[C@H](C4=O)[C@@H]1C2(C)C. The fourth-order valence-electron chi connectivity index (χ4n) is 8.16. The van der Waals surface area contributed by atoms with E-state index in [4.69, 9.17) is 9.47 Å². The van der Waals surface area contributed by atoms with Crippen LogP contribution in [0, 0.1) is 40.4 Å². The predicted octanol–water partition coefficient (Wildman–Crippen LogP) is 3.90. The van der Waals surface area contributed by atoms with Crippen LogP contribution in [0.25, 0.3) is 0 Å². The molecule has 4 aliphatic carbocycles. The summed E-state index contributed by atoms with van der Waals surface area (Å²) >= 11 is 0. The Labute approximate surface area is 238 Å². The lowest BCUT2D eigenvalue weighted by Crippen LogP contribution is -2.66. The Kier molecular flexibility index (Phi) is 8.00. The summed E-state index contributed by atoms with van der Waals surface area (Å²) in [6.45, 7) is 14.5. The first-order valence-electron chi connectivity index (χ1n) is 15.0. The van der Waals surface area contributed by atoms with Crippen molar-refractivity contribution in [3.63, 3.8) is 0 Å². The molecule has 40 heavy (non-hydrogen) atoms. The molecular weight excluding hydrogens is 512 g/mol. The maximum atomic E-state index is 14.7. The number of rotatable bonds is 9. The van der Waals surface area contributed by atoms with Gasteiger partial charge in [-0.2, -0.15) is 0 Å². The van der Waals surface area contributed by atoms with E-state index in [0.717, 1.165) is 19.3 Å². The molecule has 1 spiro atoms.